The molecule has 0 bridgehead atoms. The quantitative estimate of drug-likeness (QED) is 0.702. The van der Waals surface area contributed by atoms with Crippen molar-refractivity contribution in [3.05, 3.63) is 40.6 Å². The molecule has 2 rings (SSSR count). The van der Waals surface area contributed by atoms with Crippen LogP contribution in [-0.4, -0.2) is 0 Å². The van der Waals surface area contributed by atoms with E-state index >= 15 is 0 Å². The molecular weight excluding hydrogens is 233 g/mol. The standard InChI is InChI=1S/C10H7BrFN/c11-9-3-1-2-7-8(9)4-6(13)5-10(7)12/h1-5H,13H2. The number of rotatable bonds is 0. The normalized spacial score (nSPS) is 10.6. The first kappa shape index (κ1) is 8.51. The Kier molecular flexibility index (Phi) is 1.96. The molecule has 0 unspecified atom stereocenters. The molecule has 0 aliphatic carbocycles. The molecule has 0 heterocycles. The van der Waals surface area contributed by atoms with E-state index in [4.69, 9.17) is 5.73 Å². The van der Waals surface area contributed by atoms with E-state index in [1.54, 1.807) is 18.2 Å². The second kappa shape index (κ2) is 3.00. The molecule has 2 aromatic carbocycles. The van der Waals surface area contributed by atoms with Gasteiger partial charge in [-0.3, -0.25) is 0 Å². The number of nitrogen functional groups attached to an aromatic ring is 1. The molecule has 0 fully saturated rings. The fourth-order valence-electron chi connectivity index (χ4n) is 1.32. The van der Waals surface area contributed by atoms with Crippen molar-refractivity contribution in [2.45, 2.75) is 0 Å². The molecule has 0 saturated heterocycles. The van der Waals surface area contributed by atoms with E-state index in [1.165, 1.54) is 6.07 Å². The minimum atomic E-state index is -0.281. The summed E-state index contributed by atoms with van der Waals surface area (Å²) in [5, 5.41) is 1.39. The molecule has 13 heavy (non-hydrogen) atoms. The Labute approximate surface area is 83.5 Å². The van der Waals surface area contributed by atoms with Crippen LogP contribution >= 0.6 is 15.9 Å². The van der Waals surface area contributed by atoms with Crippen LogP contribution in [0.5, 0.6) is 0 Å². The number of halogens is 2. The van der Waals surface area contributed by atoms with Gasteiger partial charge in [-0.2, -0.15) is 0 Å². The molecule has 0 saturated carbocycles. The number of anilines is 1. The van der Waals surface area contributed by atoms with Crippen molar-refractivity contribution in [1.29, 1.82) is 0 Å². The van der Waals surface area contributed by atoms with Crippen LogP contribution in [0.25, 0.3) is 10.8 Å². The predicted octanol–water partition coefficient (Wildman–Crippen LogP) is 3.32. The van der Waals surface area contributed by atoms with Crippen molar-refractivity contribution in [3.63, 3.8) is 0 Å². The first-order valence-corrected chi connectivity index (χ1v) is 4.61. The first-order chi connectivity index (χ1) is 6.18. The van der Waals surface area contributed by atoms with E-state index in [-0.39, 0.29) is 5.82 Å². The third kappa shape index (κ3) is 1.40. The molecule has 0 spiro atoms. The summed E-state index contributed by atoms with van der Waals surface area (Å²) in [5.41, 5.74) is 5.97. The average molecular weight is 240 g/mol. The van der Waals surface area contributed by atoms with Crippen molar-refractivity contribution >= 4 is 32.4 Å². The van der Waals surface area contributed by atoms with Crippen molar-refractivity contribution < 1.29 is 4.39 Å². The lowest BCUT2D eigenvalue weighted by molar-refractivity contribution is 0.640. The fourth-order valence-corrected chi connectivity index (χ4v) is 1.81. The Morgan fingerprint density at radius 1 is 1.15 bits per heavy atom. The summed E-state index contributed by atoms with van der Waals surface area (Å²) >= 11 is 3.34. The zero-order valence-electron chi connectivity index (χ0n) is 6.72. The maximum absolute atomic E-state index is 13.3. The number of hydrogen-bond acceptors (Lipinski definition) is 1. The van der Waals surface area contributed by atoms with Crippen LogP contribution in [0.2, 0.25) is 0 Å². The van der Waals surface area contributed by atoms with E-state index in [0.717, 1.165) is 9.86 Å². The van der Waals surface area contributed by atoms with Gasteiger partial charge < -0.3 is 5.73 Å². The maximum Gasteiger partial charge on any atom is 0.133 e. The summed E-state index contributed by atoms with van der Waals surface area (Å²) in [6, 6.07) is 8.47. The molecule has 1 nitrogen and oxygen atoms in total. The second-order valence-corrected chi connectivity index (χ2v) is 3.69. The van der Waals surface area contributed by atoms with Crippen LogP contribution in [0.3, 0.4) is 0 Å². The van der Waals surface area contributed by atoms with Crippen LogP contribution in [0, 0.1) is 5.82 Å². The molecule has 2 aromatic rings. The zero-order chi connectivity index (χ0) is 9.42. The third-order valence-corrected chi connectivity index (χ3v) is 2.61. The van der Waals surface area contributed by atoms with Crippen molar-refractivity contribution in [3.8, 4) is 0 Å². The molecule has 0 atom stereocenters. The Bertz CT molecular complexity index is 468. The zero-order valence-corrected chi connectivity index (χ0v) is 8.31. The van der Waals surface area contributed by atoms with Gasteiger partial charge in [-0.25, -0.2) is 4.39 Å². The van der Waals surface area contributed by atoms with Gasteiger partial charge in [0.25, 0.3) is 0 Å². The second-order valence-electron chi connectivity index (χ2n) is 2.84. The highest BCUT2D eigenvalue weighted by Gasteiger charge is 2.03. The van der Waals surface area contributed by atoms with Crippen molar-refractivity contribution in [1.82, 2.24) is 0 Å². The molecule has 0 aliphatic heterocycles. The smallest absolute Gasteiger partial charge is 0.133 e. The Hall–Kier alpha value is -1.09. The monoisotopic (exact) mass is 239 g/mol. The molecule has 66 valence electrons. The lowest BCUT2D eigenvalue weighted by Gasteiger charge is -2.02. The van der Waals surface area contributed by atoms with Gasteiger partial charge in [0, 0.05) is 20.9 Å². The summed E-state index contributed by atoms with van der Waals surface area (Å²) in [4.78, 5) is 0. The number of hydrogen-bond donors (Lipinski definition) is 1. The third-order valence-electron chi connectivity index (χ3n) is 1.91. The van der Waals surface area contributed by atoms with Gasteiger partial charge in [0.1, 0.15) is 5.82 Å². The fraction of sp³-hybridized carbons (Fsp3) is 0. The number of fused-ring (bicyclic) bond motifs is 1. The Morgan fingerprint density at radius 3 is 2.69 bits per heavy atom. The summed E-state index contributed by atoms with van der Waals surface area (Å²) in [7, 11) is 0. The van der Waals surface area contributed by atoms with Crippen LogP contribution < -0.4 is 5.73 Å². The van der Waals surface area contributed by atoms with Crippen LogP contribution in [-0.2, 0) is 0 Å². The molecule has 2 N–H and O–H groups in total. The highest BCUT2D eigenvalue weighted by Crippen LogP contribution is 2.27. The van der Waals surface area contributed by atoms with Gasteiger partial charge in [-0.05, 0) is 18.2 Å². The van der Waals surface area contributed by atoms with Crippen molar-refractivity contribution in [2.75, 3.05) is 5.73 Å². The van der Waals surface area contributed by atoms with E-state index in [9.17, 15) is 4.39 Å². The predicted molar refractivity (Wildman–Crippen MR) is 56.0 cm³/mol. The lowest BCUT2D eigenvalue weighted by atomic mass is 10.1. The van der Waals surface area contributed by atoms with Gasteiger partial charge in [-0.15, -0.1) is 0 Å². The van der Waals surface area contributed by atoms with Gasteiger partial charge in [0.15, 0.2) is 0 Å². The molecular formula is C10H7BrFN. The largest absolute Gasteiger partial charge is 0.399 e. The highest BCUT2D eigenvalue weighted by molar-refractivity contribution is 9.10. The lowest BCUT2D eigenvalue weighted by Crippen LogP contribution is -1.88. The molecule has 0 aromatic heterocycles. The van der Waals surface area contributed by atoms with E-state index in [0.29, 0.717) is 11.1 Å². The average Bonchev–Trinajstić information content (AvgIpc) is 2.07. The number of benzene rings is 2. The summed E-state index contributed by atoms with van der Waals surface area (Å²) in [6.45, 7) is 0. The minimum absolute atomic E-state index is 0.281. The van der Waals surface area contributed by atoms with Gasteiger partial charge in [0.05, 0.1) is 0 Å². The summed E-state index contributed by atoms with van der Waals surface area (Å²) < 4.78 is 14.2. The van der Waals surface area contributed by atoms with Crippen LogP contribution in [0.15, 0.2) is 34.8 Å². The topological polar surface area (TPSA) is 26.0 Å². The van der Waals surface area contributed by atoms with Crippen LogP contribution in [0.4, 0.5) is 10.1 Å². The molecule has 0 radical (unpaired) electrons. The summed E-state index contributed by atoms with van der Waals surface area (Å²) in [5.74, 6) is -0.281. The van der Waals surface area contributed by atoms with Gasteiger partial charge >= 0.3 is 0 Å². The minimum Gasteiger partial charge on any atom is -0.399 e. The Morgan fingerprint density at radius 2 is 1.92 bits per heavy atom. The van der Waals surface area contributed by atoms with Crippen LogP contribution in [0.1, 0.15) is 0 Å². The number of nitrogens with two attached hydrogens (primary N) is 1. The molecule has 0 amide bonds. The van der Waals surface area contributed by atoms with Gasteiger partial charge in [0.2, 0.25) is 0 Å². The van der Waals surface area contributed by atoms with Gasteiger partial charge in [-0.1, -0.05) is 28.1 Å². The molecule has 0 aliphatic rings. The first-order valence-electron chi connectivity index (χ1n) is 3.82. The SMILES string of the molecule is Nc1cc(F)c2cccc(Br)c2c1. The van der Waals surface area contributed by atoms with E-state index in [1.807, 2.05) is 6.07 Å². The summed E-state index contributed by atoms with van der Waals surface area (Å²) in [6.07, 6.45) is 0. The molecule has 3 heteroatoms. The maximum atomic E-state index is 13.3. The van der Waals surface area contributed by atoms with Crippen molar-refractivity contribution in [2.24, 2.45) is 0 Å². The van der Waals surface area contributed by atoms with E-state index < -0.39 is 0 Å². The highest BCUT2D eigenvalue weighted by atomic mass is 79.9. The Balaban J connectivity index is 2.94. The van der Waals surface area contributed by atoms with E-state index in [2.05, 4.69) is 15.9 Å².